The Morgan fingerprint density at radius 3 is 2.26 bits per heavy atom. The average molecular weight is 291 g/mol. The van der Waals surface area contributed by atoms with Crippen molar-refractivity contribution >= 4 is 10.0 Å². The molecule has 1 saturated carbocycles. The lowest BCUT2D eigenvalue weighted by molar-refractivity contribution is 0.101. The summed E-state index contributed by atoms with van der Waals surface area (Å²) in [6, 6.07) is 1.50. The number of sulfonamides is 1. The molecule has 106 valence electrons. The minimum absolute atomic E-state index is 0.470. The van der Waals surface area contributed by atoms with Gasteiger partial charge < -0.3 is 5.11 Å². The first-order valence-corrected chi connectivity index (χ1v) is 7.53. The minimum Gasteiger partial charge on any atom is -0.391 e. The summed E-state index contributed by atoms with van der Waals surface area (Å²) in [4.78, 5) is -0.470. The van der Waals surface area contributed by atoms with Crippen LogP contribution in [0.1, 0.15) is 25.7 Å². The third-order valence-corrected chi connectivity index (χ3v) is 4.65. The van der Waals surface area contributed by atoms with Gasteiger partial charge in [-0.15, -0.1) is 0 Å². The third kappa shape index (κ3) is 3.49. The molecule has 0 amide bonds. The summed E-state index contributed by atoms with van der Waals surface area (Å²) in [6.07, 6.45) is 1.92. The van der Waals surface area contributed by atoms with Crippen LogP contribution in [0.2, 0.25) is 0 Å². The predicted octanol–water partition coefficient (Wildman–Crippen LogP) is 1.55. The molecular weight excluding hydrogens is 276 g/mol. The van der Waals surface area contributed by atoms with Crippen LogP contribution in [0.3, 0.4) is 0 Å². The molecule has 2 unspecified atom stereocenters. The van der Waals surface area contributed by atoms with E-state index in [1.807, 2.05) is 0 Å². The third-order valence-electron chi connectivity index (χ3n) is 3.18. The Morgan fingerprint density at radius 2 is 1.68 bits per heavy atom. The summed E-state index contributed by atoms with van der Waals surface area (Å²) in [5.74, 6) is -1.91. The number of halogens is 2. The number of benzene rings is 1. The van der Waals surface area contributed by atoms with E-state index in [4.69, 9.17) is 0 Å². The van der Waals surface area contributed by atoms with Gasteiger partial charge >= 0.3 is 0 Å². The van der Waals surface area contributed by atoms with Gasteiger partial charge in [-0.25, -0.2) is 21.9 Å². The fraction of sp³-hybridized carbons (Fsp3) is 0.500. The average Bonchev–Trinajstić information content (AvgIpc) is 2.31. The summed E-state index contributed by atoms with van der Waals surface area (Å²) in [6.45, 7) is 0. The van der Waals surface area contributed by atoms with Crippen molar-refractivity contribution in [3.63, 3.8) is 0 Å². The molecule has 1 aromatic carbocycles. The van der Waals surface area contributed by atoms with Gasteiger partial charge in [0.15, 0.2) is 0 Å². The van der Waals surface area contributed by atoms with Gasteiger partial charge in [-0.2, -0.15) is 0 Å². The standard InChI is InChI=1S/C12H15F2NO3S/c13-8-5-9(14)7-10(6-8)19(17,18)15-11-3-1-2-4-12(11)16/h5-7,11-12,15-16H,1-4H2. The van der Waals surface area contributed by atoms with E-state index in [2.05, 4.69) is 4.72 Å². The van der Waals surface area contributed by atoms with Crippen molar-refractivity contribution in [2.24, 2.45) is 0 Å². The lowest BCUT2D eigenvalue weighted by atomic mass is 9.93. The van der Waals surface area contributed by atoms with Gasteiger partial charge in [-0.3, -0.25) is 0 Å². The Bertz CT molecular complexity index is 542. The van der Waals surface area contributed by atoms with Gasteiger partial charge in [-0.05, 0) is 25.0 Å². The fourth-order valence-corrected chi connectivity index (χ4v) is 3.54. The van der Waals surface area contributed by atoms with Gasteiger partial charge in [0.05, 0.1) is 11.0 Å². The van der Waals surface area contributed by atoms with Crippen LogP contribution in [0.4, 0.5) is 8.78 Å². The SMILES string of the molecule is O=S(=O)(NC1CCCCC1O)c1cc(F)cc(F)c1. The normalized spacial score (nSPS) is 24.4. The highest BCUT2D eigenvalue weighted by molar-refractivity contribution is 7.89. The van der Waals surface area contributed by atoms with Gasteiger partial charge in [0.2, 0.25) is 10.0 Å². The molecule has 1 aromatic rings. The van der Waals surface area contributed by atoms with Crippen LogP contribution in [-0.4, -0.2) is 25.7 Å². The molecule has 0 saturated heterocycles. The largest absolute Gasteiger partial charge is 0.391 e. The van der Waals surface area contributed by atoms with Crippen LogP contribution in [-0.2, 0) is 10.0 Å². The molecule has 4 nitrogen and oxygen atoms in total. The molecule has 2 N–H and O–H groups in total. The van der Waals surface area contributed by atoms with Crippen molar-refractivity contribution in [3.05, 3.63) is 29.8 Å². The first-order chi connectivity index (χ1) is 8.88. The van der Waals surface area contributed by atoms with Crippen molar-refractivity contribution in [2.45, 2.75) is 42.7 Å². The molecular formula is C12H15F2NO3S. The number of aliphatic hydroxyl groups is 1. The molecule has 0 aromatic heterocycles. The molecule has 0 spiro atoms. The first-order valence-electron chi connectivity index (χ1n) is 6.05. The molecule has 1 aliphatic rings. The molecule has 0 aliphatic heterocycles. The maximum atomic E-state index is 13.0. The lowest BCUT2D eigenvalue weighted by Crippen LogP contribution is -2.44. The quantitative estimate of drug-likeness (QED) is 0.888. The molecule has 1 aliphatic carbocycles. The lowest BCUT2D eigenvalue weighted by Gasteiger charge is -2.28. The number of aliphatic hydroxyl groups excluding tert-OH is 1. The van der Waals surface area contributed by atoms with Crippen molar-refractivity contribution in [1.82, 2.24) is 4.72 Å². The Balaban J connectivity index is 2.22. The van der Waals surface area contributed by atoms with Crippen molar-refractivity contribution < 1.29 is 22.3 Å². The monoisotopic (exact) mass is 291 g/mol. The van der Waals surface area contributed by atoms with Crippen molar-refractivity contribution in [3.8, 4) is 0 Å². The molecule has 7 heteroatoms. The van der Waals surface area contributed by atoms with E-state index < -0.39 is 38.7 Å². The Morgan fingerprint density at radius 1 is 1.11 bits per heavy atom. The maximum Gasteiger partial charge on any atom is 0.241 e. The minimum atomic E-state index is -4.03. The van der Waals surface area contributed by atoms with Gasteiger partial charge in [0.1, 0.15) is 11.6 Å². The van der Waals surface area contributed by atoms with E-state index in [0.717, 1.165) is 25.0 Å². The summed E-state index contributed by atoms with van der Waals surface area (Å²) >= 11 is 0. The van der Waals surface area contributed by atoms with E-state index >= 15 is 0 Å². The fourth-order valence-electron chi connectivity index (χ4n) is 2.20. The summed E-state index contributed by atoms with van der Waals surface area (Å²) in [5.41, 5.74) is 0. The van der Waals surface area contributed by atoms with Crippen molar-refractivity contribution in [1.29, 1.82) is 0 Å². The number of hydrogen-bond donors (Lipinski definition) is 2. The molecule has 0 radical (unpaired) electrons. The van der Waals surface area contributed by atoms with E-state index in [1.54, 1.807) is 0 Å². The molecule has 0 heterocycles. The second-order valence-corrected chi connectivity index (χ2v) is 6.40. The number of hydrogen-bond acceptors (Lipinski definition) is 3. The molecule has 0 bridgehead atoms. The highest BCUT2D eigenvalue weighted by atomic mass is 32.2. The number of nitrogens with one attached hydrogen (secondary N) is 1. The van der Waals surface area contributed by atoms with E-state index in [1.165, 1.54) is 0 Å². The molecule has 19 heavy (non-hydrogen) atoms. The Labute approximate surface area is 110 Å². The van der Waals surface area contributed by atoms with Gasteiger partial charge in [-0.1, -0.05) is 12.8 Å². The smallest absolute Gasteiger partial charge is 0.241 e. The zero-order chi connectivity index (χ0) is 14.0. The second-order valence-electron chi connectivity index (χ2n) is 4.68. The molecule has 1 fully saturated rings. The zero-order valence-electron chi connectivity index (χ0n) is 10.1. The van der Waals surface area contributed by atoms with Crippen LogP contribution < -0.4 is 4.72 Å². The van der Waals surface area contributed by atoms with Crippen LogP contribution in [0.15, 0.2) is 23.1 Å². The van der Waals surface area contributed by atoms with Crippen LogP contribution in [0.5, 0.6) is 0 Å². The molecule has 2 atom stereocenters. The highest BCUT2D eigenvalue weighted by Crippen LogP contribution is 2.21. The Hall–Kier alpha value is -1.05. The Kier molecular flexibility index (Phi) is 4.17. The molecule has 2 rings (SSSR count). The topological polar surface area (TPSA) is 66.4 Å². The second kappa shape index (κ2) is 5.52. The first kappa shape index (κ1) is 14.4. The summed E-state index contributed by atoms with van der Waals surface area (Å²) in [7, 11) is -4.03. The van der Waals surface area contributed by atoms with Crippen molar-refractivity contribution in [2.75, 3.05) is 0 Å². The van der Waals surface area contributed by atoms with Gasteiger partial charge in [0, 0.05) is 12.1 Å². The van der Waals surface area contributed by atoms with Crippen LogP contribution in [0.25, 0.3) is 0 Å². The van der Waals surface area contributed by atoms with Gasteiger partial charge in [0.25, 0.3) is 0 Å². The van der Waals surface area contributed by atoms with E-state index in [0.29, 0.717) is 18.9 Å². The van der Waals surface area contributed by atoms with Crippen LogP contribution in [0, 0.1) is 11.6 Å². The van der Waals surface area contributed by atoms with Crippen LogP contribution >= 0.6 is 0 Å². The van der Waals surface area contributed by atoms with E-state index in [-0.39, 0.29) is 0 Å². The summed E-state index contributed by atoms with van der Waals surface area (Å²) < 4.78 is 52.4. The van der Waals surface area contributed by atoms with E-state index in [9.17, 15) is 22.3 Å². The maximum absolute atomic E-state index is 13.0. The zero-order valence-corrected chi connectivity index (χ0v) is 11.0. The number of rotatable bonds is 3. The highest BCUT2D eigenvalue weighted by Gasteiger charge is 2.28. The summed E-state index contributed by atoms with van der Waals surface area (Å²) in [5, 5.41) is 9.71. The predicted molar refractivity (Wildman–Crippen MR) is 64.9 cm³/mol.